The Morgan fingerprint density at radius 2 is 1.90 bits per heavy atom. The second-order valence-electron chi connectivity index (χ2n) is 5.79. The molecule has 2 N–H and O–H groups in total. The zero-order chi connectivity index (χ0) is 14.3. The Kier molecular flexibility index (Phi) is 3.06. The molecule has 0 spiro atoms. The fourth-order valence-electron chi connectivity index (χ4n) is 3.56. The molecule has 2 nitrogen and oxygen atoms in total. The fraction of sp³-hybridized carbons (Fsp3) is 0.333. The lowest BCUT2D eigenvalue weighted by atomic mass is 9.81. The first-order chi connectivity index (χ1) is 9.56. The van der Waals surface area contributed by atoms with Gasteiger partial charge in [-0.1, -0.05) is 30.3 Å². The predicted octanol–water partition coefficient (Wildman–Crippen LogP) is 3.46. The number of benzene rings is 2. The molecule has 20 heavy (non-hydrogen) atoms. The monoisotopic (exact) mass is 267 g/mol. The van der Waals surface area contributed by atoms with E-state index in [1.807, 2.05) is 0 Å². The van der Waals surface area contributed by atoms with Crippen molar-refractivity contribution in [3.63, 3.8) is 0 Å². The van der Waals surface area contributed by atoms with Crippen LogP contribution in [0.1, 0.15) is 34.2 Å². The minimum Gasteiger partial charge on any atom is -0.496 e. The van der Waals surface area contributed by atoms with Crippen LogP contribution >= 0.6 is 0 Å². The van der Waals surface area contributed by atoms with Gasteiger partial charge in [-0.25, -0.2) is 0 Å². The van der Waals surface area contributed by atoms with Gasteiger partial charge in [0.1, 0.15) is 5.75 Å². The molecule has 1 aliphatic carbocycles. The minimum absolute atomic E-state index is 0.431. The molecule has 1 atom stereocenters. The highest BCUT2D eigenvalue weighted by molar-refractivity contribution is 5.55. The molecule has 0 bridgehead atoms. The highest BCUT2D eigenvalue weighted by Crippen LogP contribution is 2.44. The average molecular weight is 267 g/mol. The van der Waals surface area contributed by atoms with Gasteiger partial charge in [0.25, 0.3) is 0 Å². The van der Waals surface area contributed by atoms with Crippen molar-refractivity contribution in [1.29, 1.82) is 0 Å². The lowest BCUT2D eigenvalue weighted by Crippen LogP contribution is -2.36. The van der Waals surface area contributed by atoms with E-state index in [-0.39, 0.29) is 0 Å². The molecule has 0 saturated heterocycles. The largest absolute Gasteiger partial charge is 0.496 e. The normalized spacial score (nSPS) is 20.8. The standard InChI is InChI=1S/C18H21NO/c1-12-10-13(2)17(16(11-12)20-3)18(19)9-8-14-6-4-5-7-15(14)18/h4-7,10-11H,8-9,19H2,1-3H3. The average Bonchev–Trinajstić information content (AvgIpc) is 2.76. The fourth-order valence-corrected chi connectivity index (χ4v) is 3.56. The van der Waals surface area contributed by atoms with Gasteiger partial charge in [0, 0.05) is 5.56 Å². The highest BCUT2D eigenvalue weighted by Gasteiger charge is 2.39. The lowest BCUT2D eigenvalue weighted by Gasteiger charge is -2.30. The van der Waals surface area contributed by atoms with Crippen LogP contribution in [-0.4, -0.2) is 7.11 Å². The number of rotatable bonds is 2. The third kappa shape index (κ3) is 1.83. The molecule has 0 amide bonds. The predicted molar refractivity (Wildman–Crippen MR) is 82.2 cm³/mol. The molecule has 0 saturated carbocycles. The smallest absolute Gasteiger partial charge is 0.124 e. The summed E-state index contributed by atoms with van der Waals surface area (Å²) in [4.78, 5) is 0. The van der Waals surface area contributed by atoms with Gasteiger partial charge in [-0.05, 0) is 55.0 Å². The maximum Gasteiger partial charge on any atom is 0.124 e. The zero-order valence-electron chi connectivity index (χ0n) is 12.4. The van der Waals surface area contributed by atoms with Crippen molar-refractivity contribution in [2.24, 2.45) is 5.73 Å². The maximum atomic E-state index is 6.84. The first-order valence-corrected chi connectivity index (χ1v) is 7.09. The van der Waals surface area contributed by atoms with Gasteiger partial charge in [0.15, 0.2) is 0 Å². The summed E-state index contributed by atoms with van der Waals surface area (Å²) in [6.45, 7) is 4.21. The Morgan fingerprint density at radius 3 is 2.65 bits per heavy atom. The number of fused-ring (bicyclic) bond motifs is 1. The van der Waals surface area contributed by atoms with Crippen LogP contribution in [0.5, 0.6) is 5.75 Å². The number of hydrogen-bond donors (Lipinski definition) is 1. The Balaban J connectivity index is 2.24. The van der Waals surface area contributed by atoms with Crippen molar-refractivity contribution in [3.8, 4) is 5.75 Å². The first-order valence-electron chi connectivity index (χ1n) is 7.09. The highest BCUT2D eigenvalue weighted by atomic mass is 16.5. The molecule has 0 heterocycles. The van der Waals surface area contributed by atoms with E-state index < -0.39 is 5.54 Å². The molecule has 1 unspecified atom stereocenters. The Bertz CT molecular complexity index is 662. The second-order valence-corrected chi connectivity index (χ2v) is 5.79. The maximum absolute atomic E-state index is 6.84. The molecule has 2 aromatic rings. The molecule has 2 aromatic carbocycles. The summed E-state index contributed by atoms with van der Waals surface area (Å²) in [5.74, 6) is 0.904. The summed E-state index contributed by atoms with van der Waals surface area (Å²) in [6, 6.07) is 12.8. The van der Waals surface area contributed by atoms with Crippen molar-refractivity contribution in [2.75, 3.05) is 7.11 Å². The first kappa shape index (κ1) is 13.2. The van der Waals surface area contributed by atoms with Gasteiger partial charge >= 0.3 is 0 Å². The molecule has 0 radical (unpaired) electrons. The van der Waals surface area contributed by atoms with Crippen LogP contribution in [0.3, 0.4) is 0 Å². The van der Waals surface area contributed by atoms with E-state index in [0.29, 0.717) is 0 Å². The Morgan fingerprint density at radius 1 is 1.15 bits per heavy atom. The summed E-state index contributed by atoms with van der Waals surface area (Å²) >= 11 is 0. The van der Waals surface area contributed by atoms with Crippen LogP contribution in [0.15, 0.2) is 36.4 Å². The lowest BCUT2D eigenvalue weighted by molar-refractivity contribution is 0.392. The van der Waals surface area contributed by atoms with Crippen molar-refractivity contribution in [3.05, 3.63) is 64.2 Å². The van der Waals surface area contributed by atoms with Crippen LogP contribution < -0.4 is 10.5 Å². The third-order valence-corrected chi connectivity index (χ3v) is 4.40. The van der Waals surface area contributed by atoms with Crippen LogP contribution in [0.25, 0.3) is 0 Å². The molecule has 0 aliphatic heterocycles. The topological polar surface area (TPSA) is 35.2 Å². The van der Waals surface area contributed by atoms with E-state index in [9.17, 15) is 0 Å². The summed E-state index contributed by atoms with van der Waals surface area (Å²) in [7, 11) is 1.72. The molecule has 0 aromatic heterocycles. The Hall–Kier alpha value is -1.80. The van der Waals surface area contributed by atoms with Gasteiger partial charge in [-0.15, -0.1) is 0 Å². The van der Waals surface area contributed by atoms with Gasteiger partial charge in [-0.2, -0.15) is 0 Å². The van der Waals surface area contributed by atoms with Crippen molar-refractivity contribution in [2.45, 2.75) is 32.2 Å². The quantitative estimate of drug-likeness (QED) is 0.904. The van der Waals surface area contributed by atoms with Gasteiger partial charge in [-0.3, -0.25) is 0 Å². The minimum atomic E-state index is -0.431. The number of ether oxygens (including phenoxy) is 1. The van der Waals surface area contributed by atoms with Crippen LogP contribution in [-0.2, 0) is 12.0 Å². The summed E-state index contributed by atoms with van der Waals surface area (Å²) < 4.78 is 5.62. The summed E-state index contributed by atoms with van der Waals surface area (Å²) in [5, 5.41) is 0. The molecular formula is C18H21NO. The van der Waals surface area contributed by atoms with Gasteiger partial charge < -0.3 is 10.5 Å². The number of methoxy groups -OCH3 is 1. The molecular weight excluding hydrogens is 246 g/mol. The number of aryl methyl sites for hydroxylation is 3. The van der Waals surface area contributed by atoms with E-state index in [0.717, 1.165) is 24.2 Å². The molecule has 1 aliphatic rings. The number of hydrogen-bond acceptors (Lipinski definition) is 2. The molecule has 0 fully saturated rings. The van der Waals surface area contributed by atoms with E-state index in [1.54, 1.807) is 7.11 Å². The Labute approximate surface area is 120 Å². The third-order valence-electron chi connectivity index (χ3n) is 4.40. The van der Waals surface area contributed by atoms with Crippen LogP contribution in [0.4, 0.5) is 0 Å². The van der Waals surface area contributed by atoms with Crippen LogP contribution in [0.2, 0.25) is 0 Å². The van der Waals surface area contributed by atoms with Crippen molar-refractivity contribution >= 4 is 0 Å². The van der Waals surface area contributed by atoms with Crippen molar-refractivity contribution in [1.82, 2.24) is 0 Å². The second kappa shape index (κ2) is 4.64. The van der Waals surface area contributed by atoms with E-state index in [4.69, 9.17) is 10.5 Å². The molecule has 2 heteroatoms. The SMILES string of the molecule is COc1cc(C)cc(C)c1C1(N)CCc2ccccc21. The summed E-state index contributed by atoms with van der Waals surface area (Å²) in [5.41, 5.74) is 12.6. The molecule has 104 valence electrons. The number of nitrogens with two attached hydrogens (primary N) is 1. The van der Waals surface area contributed by atoms with Gasteiger partial charge in [0.05, 0.1) is 12.6 Å². The van der Waals surface area contributed by atoms with Gasteiger partial charge in [0.2, 0.25) is 0 Å². The van der Waals surface area contributed by atoms with Crippen molar-refractivity contribution < 1.29 is 4.74 Å². The van der Waals surface area contributed by atoms with Crippen LogP contribution in [0, 0.1) is 13.8 Å². The zero-order valence-corrected chi connectivity index (χ0v) is 12.4. The van der Waals surface area contributed by atoms with E-state index in [1.165, 1.54) is 22.3 Å². The summed E-state index contributed by atoms with van der Waals surface area (Å²) in [6.07, 6.45) is 1.97. The van der Waals surface area contributed by atoms with E-state index >= 15 is 0 Å². The molecule has 3 rings (SSSR count). The van der Waals surface area contributed by atoms with E-state index in [2.05, 4.69) is 50.2 Å².